The summed E-state index contributed by atoms with van der Waals surface area (Å²) in [5.74, 6) is 0. The lowest BCUT2D eigenvalue weighted by molar-refractivity contribution is -0.384. The number of benzene rings is 1. The average molecular weight is 384 g/mol. The summed E-state index contributed by atoms with van der Waals surface area (Å²) in [5.41, 5.74) is 0.736. The van der Waals surface area contributed by atoms with E-state index in [2.05, 4.69) is 26.1 Å². The first kappa shape index (κ1) is 16.7. The van der Waals surface area contributed by atoms with Gasteiger partial charge < -0.3 is 10.1 Å². The van der Waals surface area contributed by atoms with Gasteiger partial charge in [0.25, 0.3) is 5.69 Å². The third-order valence-corrected chi connectivity index (χ3v) is 5.19. The van der Waals surface area contributed by atoms with Crippen LogP contribution in [0.3, 0.4) is 0 Å². The summed E-state index contributed by atoms with van der Waals surface area (Å²) in [7, 11) is 0. The topological polar surface area (TPSA) is 67.6 Å². The van der Waals surface area contributed by atoms with E-state index in [9.17, 15) is 10.1 Å². The molecule has 2 saturated heterocycles. The number of nitrogens with one attached hydrogen (secondary N) is 1. The van der Waals surface area contributed by atoms with Gasteiger partial charge in [0.05, 0.1) is 11.5 Å². The predicted octanol–water partition coefficient (Wildman–Crippen LogP) is 3.41. The van der Waals surface area contributed by atoms with Crippen molar-refractivity contribution < 1.29 is 9.66 Å². The minimum absolute atomic E-state index is 0.135. The highest BCUT2D eigenvalue weighted by Crippen LogP contribution is 2.30. The van der Waals surface area contributed by atoms with Crippen molar-refractivity contribution >= 4 is 27.3 Å². The molecule has 2 aliphatic heterocycles. The quantitative estimate of drug-likeness (QED) is 0.637. The molecule has 7 heteroatoms. The molecule has 1 N–H and O–H groups in total. The van der Waals surface area contributed by atoms with Crippen molar-refractivity contribution in [2.45, 2.75) is 37.8 Å². The van der Waals surface area contributed by atoms with Gasteiger partial charge >= 0.3 is 0 Å². The Balaban J connectivity index is 1.58. The van der Waals surface area contributed by atoms with Crippen LogP contribution in [0.25, 0.3) is 0 Å². The van der Waals surface area contributed by atoms with Gasteiger partial charge in [0, 0.05) is 42.3 Å². The second-order valence-electron chi connectivity index (χ2n) is 6.24. The molecule has 126 valence electrons. The zero-order chi connectivity index (χ0) is 16.2. The molecule has 0 amide bonds. The maximum absolute atomic E-state index is 11.2. The lowest BCUT2D eigenvalue weighted by Crippen LogP contribution is -2.47. The molecule has 1 unspecified atom stereocenters. The summed E-state index contributed by atoms with van der Waals surface area (Å²) in [4.78, 5) is 13.3. The summed E-state index contributed by atoms with van der Waals surface area (Å²) in [6, 6.07) is 5.86. The molecule has 23 heavy (non-hydrogen) atoms. The van der Waals surface area contributed by atoms with E-state index in [1.165, 1.54) is 6.42 Å². The molecule has 0 saturated carbocycles. The first-order chi connectivity index (χ1) is 11.1. The highest BCUT2D eigenvalue weighted by atomic mass is 79.9. The Hall–Kier alpha value is -1.18. The molecular weight excluding hydrogens is 362 g/mol. The number of hydrogen-bond donors (Lipinski definition) is 1. The third-order valence-electron chi connectivity index (χ3n) is 4.70. The highest BCUT2D eigenvalue weighted by Gasteiger charge is 2.27. The Labute approximate surface area is 144 Å². The summed E-state index contributed by atoms with van der Waals surface area (Å²) >= 11 is 3.39. The Morgan fingerprint density at radius 1 is 1.30 bits per heavy atom. The molecule has 0 aliphatic carbocycles. The van der Waals surface area contributed by atoms with Crippen LogP contribution in [-0.4, -0.2) is 48.2 Å². The van der Waals surface area contributed by atoms with Crippen molar-refractivity contribution in [1.29, 1.82) is 0 Å². The van der Waals surface area contributed by atoms with Crippen LogP contribution < -0.4 is 5.32 Å². The van der Waals surface area contributed by atoms with E-state index in [4.69, 9.17) is 4.74 Å². The molecule has 0 spiro atoms. The van der Waals surface area contributed by atoms with Crippen molar-refractivity contribution in [2.75, 3.05) is 31.6 Å². The number of ether oxygens (including phenoxy) is 1. The number of nitro groups is 1. The van der Waals surface area contributed by atoms with Gasteiger partial charge in [-0.1, -0.05) is 15.9 Å². The molecule has 1 atom stereocenters. The van der Waals surface area contributed by atoms with Crippen LogP contribution in [0.15, 0.2) is 22.7 Å². The van der Waals surface area contributed by atoms with E-state index in [1.807, 2.05) is 0 Å². The molecule has 2 fully saturated rings. The fourth-order valence-electron chi connectivity index (χ4n) is 3.42. The SMILES string of the molecule is O=[N+]([O-])c1ccc(Br)cc1NC1CCN(C2CCCOC2)CC1. The number of rotatable bonds is 4. The van der Waals surface area contributed by atoms with E-state index in [0.29, 0.717) is 11.7 Å². The fraction of sp³-hybridized carbons (Fsp3) is 0.625. The largest absolute Gasteiger partial charge is 0.380 e. The third kappa shape index (κ3) is 4.22. The van der Waals surface area contributed by atoms with Crippen molar-refractivity contribution in [2.24, 2.45) is 0 Å². The molecule has 0 aromatic heterocycles. The maximum atomic E-state index is 11.2. The summed E-state index contributed by atoms with van der Waals surface area (Å²) < 4.78 is 6.43. The fourth-order valence-corrected chi connectivity index (χ4v) is 3.78. The van der Waals surface area contributed by atoms with E-state index in [0.717, 1.165) is 50.0 Å². The van der Waals surface area contributed by atoms with Gasteiger partial charge in [0.2, 0.25) is 0 Å². The van der Waals surface area contributed by atoms with Gasteiger partial charge in [-0.2, -0.15) is 0 Å². The number of piperidine rings is 1. The Morgan fingerprint density at radius 2 is 2.09 bits per heavy atom. The van der Waals surface area contributed by atoms with Crippen molar-refractivity contribution in [3.8, 4) is 0 Å². The maximum Gasteiger partial charge on any atom is 0.292 e. The highest BCUT2D eigenvalue weighted by molar-refractivity contribution is 9.10. The van der Waals surface area contributed by atoms with Crippen LogP contribution in [0.4, 0.5) is 11.4 Å². The summed E-state index contributed by atoms with van der Waals surface area (Å²) in [6.07, 6.45) is 4.36. The number of halogens is 1. The molecule has 0 radical (unpaired) electrons. The molecule has 3 rings (SSSR count). The summed E-state index contributed by atoms with van der Waals surface area (Å²) in [6.45, 7) is 3.78. The smallest absolute Gasteiger partial charge is 0.292 e. The minimum Gasteiger partial charge on any atom is -0.380 e. The van der Waals surface area contributed by atoms with Gasteiger partial charge in [-0.05, 0) is 37.8 Å². The van der Waals surface area contributed by atoms with Crippen molar-refractivity contribution in [3.63, 3.8) is 0 Å². The number of nitrogens with zero attached hydrogens (tertiary/aromatic N) is 2. The molecular formula is C16H22BrN3O3. The number of likely N-dealkylation sites (tertiary alicyclic amines) is 1. The molecule has 1 aromatic rings. The number of hydrogen-bond acceptors (Lipinski definition) is 5. The molecule has 2 heterocycles. The van der Waals surface area contributed by atoms with Gasteiger partial charge in [-0.25, -0.2) is 0 Å². The van der Waals surface area contributed by atoms with E-state index < -0.39 is 0 Å². The van der Waals surface area contributed by atoms with Crippen molar-refractivity contribution in [3.05, 3.63) is 32.8 Å². The van der Waals surface area contributed by atoms with Gasteiger partial charge in [-0.15, -0.1) is 0 Å². The monoisotopic (exact) mass is 383 g/mol. The van der Waals surface area contributed by atoms with Crippen LogP contribution in [0.2, 0.25) is 0 Å². The molecule has 2 aliphatic rings. The number of anilines is 1. The van der Waals surface area contributed by atoms with Crippen LogP contribution in [0.5, 0.6) is 0 Å². The first-order valence-corrected chi connectivity index (χ1v) is 8.95. The lowest BCUT2D eigenvalue weighted by Gasteiger charge is -2.39. The Bertz CT molecular complexity index is 556. The lowest BCUT2D eigenvalue weighted by atomic mass is 10.00. The first-order valence-electron chi connectivity index (χ1n) is 8.16. The number of nitro benzene ring substituents is 1. The van der Waals surface area contributed by atoms with E-state index in [-0.39, 0.29) is 16.7 Å². The van der Waals surface area contributed by atoms with Crippen LogP contribution >= 0.6 is 15.9 Å². The normalized spacial score (nSPS) is 23.6. The Kier molecular flexibility index (Phi) is 5.50. The van der Waals surface area contributed by atoms with Crippen molar-refractivity contribution in [1.82, 2.24) is 4.90 Å². The Morgan fingerprint density at radius 3 is 2.74 bits per heavy atom. The predicted molar refractivity (Wildman–Crippen MR) is 92.9 cm³/mol. The van der Waals surface area contributed by atoms with Crippen LogP contribution in [0.1, 0.15) is 25.7 Å². The second kappa shape index (κ2) is 7.59. The van der Waals surface area contributed by atoms with Crippen LogP contribution in [0, 0.1) is 10.1 Å². The van der Waals surface area contributed by atoms with Gasteiger partial charge in [0.1, 0.15) is 5.69 Å². The molecule has 0 bridgehead atoms. The standard InChI is InChI=1S/C16H22BrN3O3/c17-12-3-4-16(20(21)22)15(10-12)18-13-5-7-19(8-6-13)14-2-1-9-23-11-14/h3-4,10,13-14,18H,1-2,5-9,11H2. The van der Waals surface area contributed by atoms with E-state index >= 15 is 0 Å². The molecule has 6 nitrogen and oxygen atoms in total. The zero-order valence-electron chi connectivity index (χ0n) is 13.0. The van der Waals surface area contributed by atoms with Gasteiger partial charge in [-0.3, -0.25) is 15.0 Å². The zero-order valence-corrected chi connectivity index (χ0v) is 14.6. The molecule has 1 aromatic carbocycles. The second-order valence-corrected chi connectivity index (χ2v) is 7.16. The minimum atomic E-state index is -0.330. The summed E-state index contributed by atoms with van der Waals surface area (Å²) in [5, 5.41) is 14.5. The average Bonchev–Trinajstić information content (AvgIpc) is 2.56. The van der Waals surface area contributed by atoms with Crippen LogP contribution in [-0.2, 0) is 4.74 Å². The van der Waals surface area contributed by atoms with E-state index in [1.54, 1.807) is 18.2 Å². The van der Waals surface area contributed by atoms with Gasteiger partial charge in [0.15, 0.2) is 0 Å².